The standard InChI is InChI=1S/C15H22N2O2S/c1-11(20(2)19)7-8-16-15(18)14-9-12-5-3-4-6-13(12)10-17-14/h3-6,11,14,17H,7-10H2,1-2H3,(H,16,18)/t11?,14-,20?/m1/s1. The van der Waals surface area contributed by atoms with Crippen LogP contribution >= 0.6 is 0 Å². The van der Waals surface area contributed by atoms with E-state index in [1.54, 1.807) is 6.26 Å². The fourth-order valence-electron chi connectivity index (χ4n) is 2.33. The zero-order valence-corrected chi connectivity index (χ0v) is 12.8. The second kappa shape index (κ2) is 6.99. The van der Waals surface area contributed by atoms with E-state index in [2.05, 4.69) is 22.8 Å². The van der Waals surface area contributed by atoms with E-state index in [1.807, 2.05) is 19.1 Å². The lowest BCUT2D eigenvalue weighted by Gasteiger charge is -2.25. The molecule has 0 spiro atoms. The average molecular weight is 294 g/mol. The second-order valence-corrected chi connectivity index (χ2v) is 7.10. The maximum Gasteiger partial charge on any atom is 0.237 e. The number of carbonyl (C=O) groups excluding carboxylic acids is 1. The van der Waals surface area contributed by atoms with Crippen LogP contribution in [0.1, 0.15) is 24.5 Å². The number of hydrogen-bond acceptors (Lipinski definition) is 3. The number of rotatable bonds is 5. The number of amides is 1. The minimum Gasteiger partial charge on any atom is -0.355 e. The molecule has 1 aromatic rings. The number of nitrogens with one attached hydrogen (secondary N) is 2. The first-order chi connectivity index (χ1) is 9.58. The Morgan fingerprint density at radius 2 is 2.15 bits per heavy atom. The summed E-state index contributed by atoms with van der Waals surface area (Å²) < 4.78 is 11.2. The van der Waals surface area contributed by atoms with Gasteiger partial charge in [-0.3, -0.25) is 9.00 Å². The molecular formula is C15H22N2O2S. The van der Waals surface area contributed by atoms with Crippen molar-refractivity contribution >= 4 is 16.7 Å². The number of carbonyl (C=O) groups is 1. The highest BCUT2D eigenvalue weighted by atomic mass is 32.2. The van der Waals surface area contributed by atoms with E-state index in [0.29, 0.717) is 6.54 Å². The summed E-state index contributed by atoms with van der Waals surface area (Å²) in [6.07, 6.45) is 3.18. The molecule has 20 heavy (non-hydrogen) atoms. The van der Waals surface area contributed by atoms with Gasteiger partial charge in [-0.05, 0) is 24.0 Å². The summed E-state index contributed by atoms with van der Waals surface area (Å²) >= 11 is 0. The lowest BCUT2D eigenvalue weighted by atomic mass is 9.95. The Morgan fingerprint density at radius 3 is 2.85 bits per heavy atom. The predicted molar refractivity (Wildman–Crippen MR) is 81.9 cm³/mol. The van der Waals surface area contributed by atoms with Crippen molar-refractivity contribution < 1.29 is 9.00 Å². The SMILES string of the molecule is CC(CCNC(=O)[C@H]1Cc2ccccc2CN1)S(C)=O. The summed E-state index contributed by atoms with van der Waals surface area (Å²) in [6.45, 7) is 3.26. The Hall–Kier alpha value is -1.20. The molecular weight excluding hydrogens is 272 g/mol. The maximum atomic E-state index is 12.1. The first kappa shape index (κ1) is 15.2. The molecule has 2 rings (SSSR count). The van der Waals surface area contributed by atoms with Crippen LogP contribution in [0.15, 0.2) is 24.3 Å². The summed E-state index contributed by atoms with van der Waals surface area (Å²) in [6, 6.07) is 8.05. The van der Waals surface area contributed by atoms with Crippen molar-refractivity contribution in [2.24, 2.45) is 0 Å². The van der Waals surface area contributed by atoms with Gasteiger partial charge in [0.1, 0.15) is 0 Å². The quantitative estimate of drug-likeness (QED) is 0.851. The highest BCUT2D eigenvalue weighted by Crippen LogP contribution is 2.16. The van der Waals surface area contributed by atoms with Crippen LogP contribution in [0.25, 0.3) is 0 Å². The van der Waals surface area contributed by atoms with Crippen molar-refractivity contribution in [3.8, 4) is 0 Å². The normalized spacial score (nSPS) is 20.8. The molecule has 1 aliphatic rings. The Kier molecular flexibility index (Phi) is 5.31. The van der Waals surface area contributed by atoms with Crippen LogP contribution in [0, 0.1) is 0 Å². The van der Waals surface area contributed by atoms with Crippen LogP contribution in [-0.4, -0.2) is 34.2 Å². The molecule has 0 radical (unpaired) electrons. The average Bonchev–Trinajstić information content (AvgIpc) is 2.46. The minimum absolute atomic E-state index is 0.0357. The topological polar surface area (TPSA) is 58.2 Å². The zero-order valence-electron chi connectivity index (χ0n) is 12.0. The van der Waals surface area contributed by atoms with E-state index in [9.17, 15) is 9.00 Å². The van der Waals surface area contributed by atoms with E-state index < -0.39 is 10.8 Å². The summed E-state index contributed by atoms with van der Waals surface area (Å²) in [7, 11) is -0.826. The lowest BCUT2D eigenvalue weighted by molar-refractivity contribution is -0.123. The molecule has 0 aliphatic carbocycles. The molecule has 1 heterocycles. The van der Waals surface area contributed by atoms with Crippen LogP contribution in [0.5, 0.6) is 0 Å². The van der Waals surface area contributed by atoms with E-state index in [4.69, 9.17) is 0 Å². The van der Waals surface area contributed by atoms with Crippen LogP contribution in [0.3, 0.4) is 0 Å². The van der Waals surface area contributed by atoms with Gasteiger partial charge in [0, 0.05) is 35.4 Å². The zero-order chi connectivity index (χ0) is 14.5. The van der Waals surface area contributed by atoms with Gasteiger partial charge in [0.2, 0.25) is 5.91 Å². The number of benzene rings is 1. The molecule has 3 atom stereocenters. The van der Waals surface area contributed by atoms with E-state index >= 15 is 0 Å². The number of hydrogen-bond donors (Lipinski definition) is 2. The van der Waals surface area contributed by atoms with Crippen molar-refractivity contribution in [1.82, 2.24) is 10.6 Å². The smallest absolute Gasteiger partial charge is 0.237 e. The second-order valence-electron chi connectivity index (χ2n) is 5.30. The predicted octanol–water partition coefficient (Wildman–Crippen LogP) is 0.974. The number of fused-ring (bicyclic) bond motifs is 1. The molecule has 0 aromatic heterocycles. The van der Waals surface area contributed by atoms with Crippen molar-refractivity contribution in [1.29, 1.82) is 0 Å². The van der Waals surface area contributed by atoms with Crippen molar-refractivity contribution in [2.75, 3.05) is 12.8 Å². The lowest BCUT2D eigenvalue weighted by Crippen LogP contribution is -2.48. The molecule has 1 aliphatic heterocycles. The van der Waals surface area contributed by atoms with Crippen molar-refractivity contribution in [2.45, 2.75) is 37.6 Å². The monoisotopic (exact) mass is 294 g/mol. The summed E-state index contributed by atoms with van der Waals surface area (Å²) in [5, 5.41) is 6.32. The summed E-state index contributed by atoms with van der Waals surface area (Å²) in [5.41, 5.74) is 2.51. The van der Waals surface area contributed by atoms with Gasteiger partial charge in [-0.1, -0.05) is 31.2 Å². The third kappa shape index (κ3) is 3.90. The van der Waals surface area contributed by atoms with E-state index in [-0.39, 0.29) is 17.2 Å². The summed E-state index contributed by atoms with van der Waals surface area (Å²) in [5.74, 6) is 0.0357. The van der Waals surface area contributed by atoms with Crippen molar-refractivity contribution in [3.63, 3.8) is 0 Å². The van der Waals surface area contributed by atoms with Crippen molar-refractivity contribution in [3.05, 3.63) is 35.4 Å². The van der Waals surface area contributed by atoms with Gasteiger partial charge in [0.25, 0.3) is 0 Å². The Morgan fingerprint density at radius 1 is 1.45 bits per heavy atom. The Balaban J connectivity index is 1.81. The molecule has 5 heteroatoms. The fourth-order valence-corrected chi connectivity index (χ4v) is 2.78. The van der Waals surface area contributed by atoms with Gasteiger partial charge in [0.05, 0.1) is 6.04 Å². The fraction of sp³-hybridized carbons (Fsp3) is 0.533. The molecule has 4 nitrogen and oxygen atoms in total. The van der Waals surface area contributed by atoms with Gasteiger partial charge < -0.3 is 10.6 Å². The molecule has 110 valence electrons. The molecule has 1 amide bonds. The van der Waals surface area contributed by atoms with E-state index in [1.165, 1.54) is 11.1 Å². The Bertz CT molecular complexity index is 504. The molecule has 0 saturated heterocycles. The summed E-state index contributed by atoms with van der Waals surface area (Å²) in [4.78, 5) is 12.1. The molecule has 0 fully saturated rings. The largest absolute Gasteiger partial charge is 0.355 e. The molecule has 1 aromatic carbocycles. The highest BCUT2D eigenvalue weighted by molar-refractivity contribution is 7.84. The van der Waals surface area contributed by atoms with Gasteiger partial charge in [-0.25, -0.2) is 0 Å². The van der Waals surface area contributed by atoms with Gasteiger partial charge >= 0.3 is 0 Å². The van der Waals surface area contributed by atoms with Gasteiger partial charge in [-0.2, -0.15) is 0 Å². The first-order valence-corrected chi connectivity index (χ1v) is 8.60. The third-order valence-electron chi connectivity index (χ3n) is 3.81. The molecule has 0 saturated carbocycles. The van der Waals surface area contributed by atoms with Crippen LogP contribution in [0.2, 0.25) is 0 Å². The Labute approximate surface area is 122 Å². The molecule has 2 unspecified atom stereocenters. The highest BCUT2D eigenvalue weighted by Gasteiger charge is 2.23. The van der Waals surface area contributed by atoms with Gasteiger partial charge in [0.15, 0.2) is 0 Å². The third-order valence-corrected chi connectivity index (χ3v) is 5.18. The van der Waals surface area contributed by atoms with E-state index in [0.717, 1.165) is 19.4 Å². The van der Waals surface area contributed by atoms with Gasteiger partial charge in [-0.15, -0.1) is 0 Å². The van der Waals surface area contributed by atoms with Crippen LogP contribution in [-0.2, 0) is 28.6 Å². The maximum absolute atomic E-state index is 12.1. The van der Waals surface area contributed by atoms with Crippen LogP contribution < -0.4 is 10.6 Å². The first-order valence-electron chi connectivity index (χ1n) is 6.98. The minimum atomic E-state index is -0.826. The molecule has 2 N–H and O–H groups in total. The van der Waals surface area contributed by atoms with Crippen LogP contribution in [0.4, 0.5) is 0 Å². The molecule has 0 bridgehead atoms.